The molecule has 0 amide bonds. The van der Waals surface area contributed by atoms with Crippen LogP contribution in [0.25, 0.3) is 5.82 Å². The highest BCUT2D eigenvalue weighted by molar-refractivity contribution is 7.98. The van der Waals surface area contributed by atoms with Crippen LogP contribution in [0.2, 0.25) is 0 Å². The molecule has 2 aromatic rings. The van der Waals surface area contributed by atoms with Gasteiger partial charge in [0.25, 0.3) is 0 Å². The van der Waals surface area contributed by atoms with Crippen LogP contribution in [-0.2, 0) is 6.54 Å². The molecule has 1 unspecified atom stereocenters. The smallest absolute Gasteiger partial charge is 0.153 e. The van der Waals surface area contributed by atoms with Gasteiger partial charge in [-0.15, -0.1) is 0 Å². The third kappa shape index (κ3) is 3.06. The summed E-state index contributed by atoms with van der Waals surface area (Å²) >= 11 is 1.95. The van der Waals surface area contributed by atoms with Crippen molar-refractivity contribution in [3.8, 4) is 5.82 Å². The Morgan fingerprint density at radius 2 is 2.18 bits per heavy atom. The zero-order chi connectivity index (χ0) is 15.5. The molecule has 2 aromatic heterocycles. The van der Waals surface area contributed by atoms with E-state index in [0.29, 0.717) is 6.04 Å². The minimum absolute atomic E-state index is 0.715. The monoisotopic (exact) mass is 316 g/mol. The molecule has 0 N–H and O–H groups in total. The van der Waals surface area contributed by atoms with E-state index in [9.17, 15) is 0 Å². The minimum atomic E-state index is 0.715. The van der Waals surface area contributed by atoms with Gasteiger partial charge in [-0.2, -0.15) is 16.9 Å². The van der Waals surface area contributed by atoms with Crippen LogP contribution in [0.4, 0.5) is 0 Å². The number of aromatic nitrogens is 3. The summed E-state index contributed by atoms with van der Waals surface area (Å²) in [5.41, 5.74) is 3.70. The molecule has 22 heavy (non-hydrogen) atoms. The molecule has 0 aromatic carbocycles. The maximum absolute atomic E-state index is 4.72. The molecule has 3 heterocycles. The lowest BCUT2D eigenvalue weighted by Gasteiger charge is -2.24. The third-order valence-corrected chi connectivity index (χ3v) is 5.24. The lowest BCUT2D eigenvalue weighted by atomic mass is 10.1. The molecule has 1 fully saturated rings. The number of pyridine rings is 1. The van der Waals surface area contributed by atoms with E-state index >= 15 is 0 Å². The van der Waals surface area contributed by atoms with E-state index in [2.05, 4.69) is 30.0 Å². The van der Waals surface area contributed by atoms with Crippen molar-refractivity contribution in [3.63, 3.8) is 0 Å². The highest BCUT2D eigenvalue weighted by Gasteiger charge is 2.26. The van der Waals surface area contributed by atoms with Gasteiger partial charge in [-0.05, 0) is 51.6 Å². The Labute approximate surface area is 136 Å². The first-order chi connectivity index (χ1) is 10.7. The Balaban J connectivity index is 1.84. The molecule has 0 radical (unpaired) electrons. The molecule has 1 aliphatic rings. The van der Waals surface area contributed by atoms with Crippen LogP contribution in [0.3, 0.4) is 0 Å². The van der Waals surface area contributed by atoms with E-state index in [1.807, 2.05) is 40.8 Å². The molecule has 1 aliphatic heterocycles. The summed E-state index contributed by atoms with van der Waals surface area (Å²) in [4.78, 5) is 7.05. The topological polar surface area (TPSA) is 34.0 Å². The first-order valence-electron chi connectivity index (χ1n) is 7.90. The van der Waals surface area contributed by atoms with Crippen molar-refractivity contribution in [1.29, 1.82) is 0 Å². The van der Waals surface area contributed by atoms with Gasteiger partial charge >= 0.3 is 0 Å². The molecule has 1 atom stereocenters. The van der Waals surface area contributed by atoms with Gasteiger partial charge in [0.1, 0.15) is 0 Å². The van der Waals surface area contributed by atoms with Crippen molar-refractivity contribution < 1.29 is 0 Å². The molecular formula is C17H24N4S. The summed E-state index contributed by atoms with van der Waals surface area (Å²) in [7, 11) is 0. The summed E-state index contributed by atoms with van der Waals surface area (Å²) in [5.74, 6) is 2.13. The summed E-state index contributed by atoms with van der Waals surface area (Å²) in [6, 6.07) is 6.67. The fourth-order valence-electron chi connectivity index (χ4n) is 3.29. The standard InChI is InChI=1S/C17H24N4S/c1-13-16(11-20-10-6-7-15(20)12-22-3)14(2)21(19-13)17-8-4-5-9-18-17/h4-5,8-9,15H,6-7,10-12H2,1-3H3. The van der Waals surface area contributed by atoms with Gasteiger partial charge in [0.15, 0.2) is 5.82 Å². The summed E-state index contributed by atoms with van der Waals surface area (Å²) in [6.07, 6.45) is 6.66. The van der Waals surface area contributed by atoms with Gasteiger partial charge in [0.05, 0.1) is 5.69 Å². The first-order valence-corrected chi connectivity index (χ1v) is 9.29. The van der Waals surface area contributed by atoms with Gasteiger partial charge in [0.2, 0.25) is 0 Å². The molecule has 0 saturated carbocycles. The molecule has 1 saturated heterocycles. The molecular weight excluding hydrogens is 292 g/mol. The van der Waals surface area contributed by atoms with E-state index in [1.165, 1.54) is 36.4 Å². The van der Waals surface area contributed by atoms with Crippen molar-refractivity contribution in [3.05, 3.63) is 41.3 Å². The van der Waals surface area contributed by atoms with Gasteiger partial charge in [-0.3, -0.25) is 4.90 Å². The lowest BCUT2D eigenvalue weighted by Crippen LogP contribution is -2.31. The SMILES string of the molecule is CSCC1CCCN1Cc1c(C)nn(-c2ccccn2)c1C. The highest BCUT2D eigenvalue weighted by Crippen LogP contribution is 2.25. The summed E-state index contributed by atoms with van der Waals surface area (Å²) < 4.78 is 1.98. The number of hydrogen-bond acceptors (Lipinski definition) is 4. The van der Waals surface area contributed by atoms with Crippen LogP contribution in [0.15, 0.2) is 24.4 Å². The minimum Gasteiger partial charge on any atom is -0.295 e. The van der Waals surface area contributed by atoms with Gasteiger partial charge in [-0.25, -0.2) is 9.67 Å². The van der Waals surface area contributed by atoms with E-state index in [0.717, 1.165) is 18.1 Å². The quantitative estimate of drug-likeness (QED) is 0.848. The van der Waals surface area contributed by atoms with E-state index in [1.54, 1.807) is 0 Å². The Morgan fingerprint density at radius 1 is 1.32 bits per heavy atom. The Kier molecular flexibility index (Phi) is 4.84. The Morgan fingerprint density at radius 3 is 2.91 bits per heavy atom. The Hall–Kier alpha value is -1.33. The molecule has 0 aliphatic carbocycles. The van der Waals surface area contributed by atoms with Crippen LogP contribution in [0, 0.1) is 13.8 Å². The Bertz CT molecular complexity index is 623. The molecule has 118 valence electrons. The largest absolute Gasteiger partial charge is 0.295 e. The van der Waals surface area contributed by atoms with Crippen molar-refractivity contribution in [2.45, 2.75) is 39.3 Å². The fourth-order valence-corrected chi connectivity index (χ4v) is 4.06. The zero-order valence-corrected chi connectivity index (χ0v) is 14.4. The summed E-state index contributed by atoms with van der Waals surface area (Å²) in [6.45, 7) is 6.49. The number of aryl methyl sites for hydroxylation is 1. The van der Waals surface area contributed by atoms with Crippen LogP contribution in [-0.4, -0.2) is 44.3 Å². The number of thioether (sulfide) groups is 1. The maximum Gasteiger partial charge on any atom is 0.153 e. The lowest BCUT2D eigenvalue weighted by molar-refractivity contribution is 0.263. The second-order valence-electron chi connectivity index (χ2n) is 5.97. The van der Waals surface area contributed by atoms with Crippen LogP contribution in [0.1, 0.15) is 29.8 Å². The predicted octanol–water partition coefficient (Wildman–Crippen LogP) is 3.21. The van der Waals surface area contributed by atoms with E-state index in [-0.39, 0.29) is 0 Å². The number of hydrogen-bond donors (Lipinski definition) is 0. The van der Waals surface area contributed by atoms with Crippen molar-refractivity contribution >= 4 is 11.8 Å². The van der Waals surface area contributed by atoms with Crippen LogP contribution < -0.4 is 0 Å². The highest BCUT2D eigenvalue weighted by atomic mass is 32.2. The molecule has 0 spiro atoms. The number of rotatable bonds is 5. The molecule has 4 nitrogen and oxygen atoms in total. The van der Waals surface area contributed by atoms with Crippen molar-refractivity contribution in [2.24, 2.45) is 0 Å². The maximum atomic E-state index is 4.72. The van der Waals surface area contributed by atoms with E-state index < -0.39 is 0 Å². The van der Waals surface area contributed by atoms with Gasteiger partial charge < -0.3 is 0 Å². The normalized spacial score (nSPS) is 19.0. The van der Waals surface area contributed by atoms with Crippen LogP contribution >= 0.6 is 11.8 Å². The zero-order valence-electron chi connectivity index (χ0n) is 13.6. The second-order valence-corrected chi connectivity index (χ2v) is 6.88. The number of nitrogens with zero attached hydrogens (tertiary/aromatic N) is 4. The van der Waals surface area contributed by atoms with Crippen LogP contribution in [0.5, 0.6) is 0 Å². The molecule has 3 rings (SSSR count). The fraction of sp³-hybridized carbons (Fsp3) is 0.529. The van der Waals surface area contributed by atoms with Gasteiger partial charge in [0, 0.05) is 35.8 Å². The third-order valence-electron chi connectivity index (χ3n) is 4.53. The first kappa shape index (κ1) is 15.6. The van der Waals surface area contributed by atoms with Crippen molar-refractivity contribution in [1.82, 2.24) is 19.7 Å². The predicted molar refractivity (Wildman–Crippen MR) is 92.6 cm³/mol. The molecule has 5 heteroatoms. The molecule has 0 bridgehead atoms. The van der Waals surface area contributed by atoms with E-state index in [4.69, 9.17) is 5.10 Å². The second kappa shape index (κ2) is 6.84. The number of likely N-dealkylation sites (tertiary alicyclic amines) is 1. The average Bonchev–Trinajstić information content (AvgIpc) is 3.08. The van der Waals surface area contributed by atoms with Crippen molar-refractivity contribution in [2.75, 3.05) is 18.6 Å². The van der Waals surface area contributed by atoms with Gasteiger partial charge in [-0.1, -0.05) is 6.07 Å². The summed E-state index contributed by atoms with van der Waals surface area (Å²) in [5, 5.41) is 4.72. The average molecular weight is 316 g/mol.